The van der Waals surface area contributed by atoms with Crippen molar-refractivity contribution in [3.8, 4) is 5.75 Å². The molecule has 26 heavy (non-hydrogen) atoms. The number of hydrogen-bond donors (Lipinski definition) is 0. The van der Waals surface area contributed by atoms with Gasteiger partial charge in [-0.15, -0.1) is 0 Å². The molecule has 1 aromatic carbocycles. The molecule has 0 fully saturated rings. The van der Waals surface area contributed by atoms with Crippen LogP contribution in [0.2, 0.25) is 0 Å². The minimum atomic E-state index is 0.459. The summed E-state index contributed by atoms with van der Waals surface area (Å²) in [6.07, 6.45) is 12.3. The van der Waals surface area contributed by atoms with Crippen molar-refractivity contribution in [2.24, 2.45) is 0 Å². The van der Waals surface area contributed by atoms with Crippen molar-refractivity contribution in [2.45, 2.75) is 72.1 Å². The summed E-state index contributed by atoms with van der Waals surface area (Å²) in [7, 11) is 0. The Kier molecular flexibility index (Phi) is 12.6. The van der Waals surface area contributed by atoms with Gasteiger partial charge in [0.05, 0.1) is 6.61 Å². The second kappa shape index (κ2) is 14.6. The smallest absolute Gasteiger partial charge is 0.119 e. The van der Waals surface area contributed by atoms with Gasteiger partial charge in [-0.05, 0) is 72.2 Å². The highest BCUT2D eigenvalue weighted by molar-refractivity contribution is 7.08. The number of unbranched alkanes of at least 4 members (excludes halogenated alkanes) is 1. The first-order valence-corrected chi connectivity index (χ1v) is 11.2. The van der Waals surface area contributed by atoms with Gasteiger partial charge in [-0.25, -0.2) is 0 Å². The van der Waals surface area contributed by atoms with Crippen molar-refractivity contribution < 1.29 is 4.74 Å². The maximum absolute atomic E-state index is 5.67. The van der Waals surface area contributed by atoms with Crippen LogP contribution in [0.4, 0.5) is 0 Å². The molecule has 1 aromatic heterocycles. The van der Waals surface area contributed by atoms with Crippen LogP contribution in [0.15, 0.2) is 53.2 Å². The van der Waals surface area contributed by atoms with Crippen molar-refractivity contribution in [1.29, 1.82) is 0 Å². The van der Waals surface area contributed by atoms with Crippen LogP contribution >= 0.6 is 11.3 Å². The molecule has 1 aliphatic carbocycles. The van der Waals surface area contributed by atoms with E-state index in [0.717, 1.165) is 18.8 Å². The lowest BCUT2D eigenvalue weighted by Crippen LogP contribution is -1.98. The molecule has 0 spiro atoms. The molecule has 1 nitrogen and oxygen atoms in total. The Morgan fingerprint density at radius 1 is 0.962 bits per heavy atom. The van der Waals surface area contributed by atoms with E-state index < -0.39 is 0 Å². The Labute approximate surface area is 165 Å². The van der Waals surface area contributed by atoms with Gasteiger partial charge in [-0.2, -0.15) is 11.3 Å². The highest BCUT2D eigenvalue weighted by atomic mass is 32.1. The summed E-state index contributed by atoms with van der Waals surface area (Å²) in [5.74, 6) is 1.44. The summed E-state index contributed by atoms with van der Waals surface area (Å²) in [5.41, 5.74) is 2.73. The number of hydrogen-bond acceptors (Lipinski definition) is 2. The maximum atomic E-state index is 5.67. The number of ether oxygens (including phenoxy) is 1. The Hall–Kier alpha value is -1.54. The van der Waals surface area contributed by atoms with E-state index in [2.05, 4.69) is 67.1 Å². The molecule has 1 aliphatic rings. The Morgan fingerprint density at radius 2 is 1.62 bits per heavy atom. The van der Waals surface area contributed by atoms with Crippen LogP contribution in [0.1, 0.15) is 83.3 Å². The van der Waals surface area contributed by atoms with E-state index in [-0.39, 0.29) is 0 Å². The highest BCUT2D eigenvalue weighted by Gasteiger charge is 2.08. The third-order valence-corrected chi connectivity index (χ3v) is 5.05. The Morgan fingerprint density at radius 3 is 2.08 bits per heavy atom. The third kappa shape index (κ3) is 8.71. The predicted molar refractivity (Wildman–Crippen MR) is 118 cm³/mol. The van der Waals surface area contributed by atoms with E-state index in [1.165, 1.54) is 43.2 Å². The molecule has 1 atom stereocenters. The summed E-state index contributed by atoms with van der Waals surface area (Å²) in [6.45, 7) is 9.24. The molecular weight excluding hydrogens is 336 g/mol. The van der Waals surface area contributed by atoms with Gasteiger partial charge >= 0.3 is 0 Å². The third-order valence-electron chi connectivity index (χ3n) is 4.35. The quantitative estimate of drug-likeness (QED) is 0.366. The molecule has 2 aromatic rings. The maximum Gasteiger partial charge on any atom is 0.119 e. The minimum Gasteiger partial charge on any atom is -0.494 e. The van der Waals surface area contributed by atoms with E-state index in [1.54, 1.807) is 11.3 Å². The molecular formula is C24H36OS. The van der Waals surface area contributed by atoms with Crippen molar-refractivity contribution in [2.75, 3.05) is 6.61 Å². The van der Waals surface area contributed by atoms with Gasteiger partial charge in [0.1, 0.15) is 5.75 Å². The van der Waals surface area contributed by atoms with Crippen LogP contribution in [0.3, 0.4) is 0 Å². The van der Waals surface area contributed by atoms with Gasteiger partial charge in [0.25, 0.3) is 0 Å². The normalized spacial score (nSPS) is 13.7. The fraction of sp³-hybridized carbons (Fsp3) is 0.500. The molecule has 0 N–H and O–H groups in total. The van der Waals surface area contributed by atoms with Crippen molar-refractivity contribution in [3.63, 3.8) is 0 Å². The monoisotopic (exact) mass is 372 g/mol. The minimum absolute atomic E-state index is 0.459. The Bertz CT molecular complexity index is 561. The zero-order chi connectivity index (χ0) is 19.0. The fourth-order valence-electron chi connectivity index (χ4n) is 2.66. The van der Waals surface area contributed by atoms with Gasteiger partial charge in [0, 0.05) is 5.92 Å². The fourth-order valence-corrected chi connectivity index (χ4v) is 3.42. The lowest BCUT2D eigenvalue weighted by Gasteiger charge is -2.11. The van der Waals surface area contributed by atoms with Gasteiger partial charge < -0.3 is 4.74 Å². The highest BCUT2D eigenvalue weighted by Crippen LogP contribution is 2.27. The van der Waals surface area contributed by atoms with Gasteiger partial charge in [0.15, 0.2) is 0 Å². The van der Waals surface area contributed by atoms with Crippen LogP contribution in [0.25, 0.3) is 0 Å². The summed E-state index contributed by atoms with van der Waals surface area (Å²) >= 11 is 1.75. The largest absolute Gasteiger partial charge is 0.494 e. The summed E-state index contributed by atoms with van der Waals surface area (Å²) in [6, 6.07) is 10.7. The molecule has 2 heteroatoms. The number of benzene rings is 1. The molecule has 0 saturated heterocycles. The van der Waals surface area contributed by atoms with Crippen LogP contribution in [0, 0.1) is 0 Å². The molecule has 0 bridgehead atoms. The van der Waals surface area contributed by atoms with Crippen molar-refractivity contribution in [3.05, 3.63) is 64.4 Å². The Balaban J connectivity index is 0.000000353. The summed E-state index contributed by atoms with van der Waals surface area (Å²) in [5, 5.41) is 4.35. The SMILES string of the molecule is C1=CCCCC1.CC.CCCCOc1ccc(C(C)c2ccsc2)cc1. The zero-order valence-electron chi connectivity index (χ0n) is 17.0. The molecule has 1 heterocycles. The predicted octanol–water partition coefficient (Wildman–Crippen LogP) is 8.22. The van der Waals surface area contributed by atoms with E-state index in [0.29, 0.717) is 5.92 Å². The van der Waals surface area contributed by atoms with Gasteiger partial charge in [-0.1, -0.05) is 58.4 Å². The average Bonchev–Trinajstić information content (AvgIpc) is 3.26. The lowest BCUT2D eigenvalue weighted by atomic mass is 9.95. The van der Waals surface area contributed by atoms with Gasteiger partial charge in [0.2, 0.25) is 0 Å². The molecule has 3 rings (SSSR count). The molecule has 0 amide bonds. The second-order valence-corrected chi connectivity index (χ2v) is 7.09. The second-order valence-electron chi connectivity index (χ2n) is 6.31. The summed E-state index contributed by atoms with van der Waals surface area (Å²) in [4.78, 5) is 0. The van der Waals surface area contributed by atoms with E-state index >= 15 is 0 Å². The first kappa shape index (κ1) is 22.5. The van der Waals surface area contributed by atoms with Crippen LogP contribution < -0.4 is 4.74 Å². The average molecular weight is 373 g/mol. The number of allylic oxidation sites excluding steroid dienone is 2. The molecule has 0 saturated carbocycles. The van der Waals surface area contributed by atoms with Crippen LogP contribution in [-0.4, -0.2) is 6.61 Å². The first-order valence-electron chi connectivity index (χ1n) is 10.2. The molecule has 1 unspecified atom stereocenters. The molecule has 0 radical (unpaired) electrons. The molecule has 144 valence electrons. The standard InChI is InChI=1S/C16H20OS.C6H10.C2H6/c1-3-4-10-17-16-7-5-14(6-8-16)13(2)15-9-11-18-12-15;1-2-4-6-5-3-1;1-2/h5-9,11-13H,3-4,10H2,1-2H3;1-2H,3-6H2;1-2H3. The number of rotatable bonds is 6. The lowest BCUT2D eigenvalue weighted by molar-refractivity contribution is 0.309. The van der Waals surface area contributed by atoms with Gasteiger partial charge in [-0.3, -0.25) is 0 Å². The van der Waals surface area contributed by atoms with Crippen LogP contribution in [0.5, 0.6) is 5.75 Å². The number of thiophene rings is 1. The van der Waals surface area contributed by atoms with Crippen molar-refractivity contribution in [1.82, 2.24) is 0 Å². The molecule has 0 aliphatic heterocycles. The zero-order valence-corrected chi connectivity index (χ0v) is 17.9. The topological polar surface area (TPSA) is 9.23 Å². The van der Waals surface area contributed by atoms with E-state index in [1.807, 2.05) is 13.8 Å². The summed E-state index contributed by atoms with van der Waals surface area (Å²) < 4.78 is 5.67. The van der Waals surface area contributed by atoms with Crippen LogP contribution in [-0.2, 0) is 0 Å². The van der Waals surface area contributed by atoms with E-state index in [4.69, 9.17) is 4.74 Å². The van der Waals surface area contributed by atoms with E-state index in [9.17, 15) is 0 Å². The van der Waals surface area contributed by atoms with Crippen molar-refractivity contribution >= 4 is 11.3 Å². The first-order chi connectivity index (χ1) is 12.8.